The van der Waals surface area contributed by atoms with E-state index in [9.17, 15) is 9.59 Å². The highest BCUT2D eigenvalue weighted by atomic mass is 16.2. The van der Waals surface area contributed by atoms with Gasteiger partial charge in [0, 0.05) is 68.2 Å². The van der Waals surface area contributed by atoms with Crippen molar-refractivity contribution in [1.29, 1.82) is 0 Å². The van der Waals surface area contributed by atoms with Gasteiger partial charge in [-0.1, -0.05) is 35.9 Å². The van der Waals surface area contributed by atoms with E-state index in [1.807, 2.05) is 71.3 Å². The number of benzene rings is 2. The molecule has 2 bridgehead atoms. The maximum atomic E-state index is 13.4. The Morgan fingerprint density at radius 2 is 1.68 bits per heavy atom. The monoisotopic (exact) mass is 554 g/mol. The lowest BCUT2D eigenvalue weighted by Gasteiger charge is -2.41. The van der Waals surface area contributed by atoms with Gasteiger partial charge in [0.25, 0.3) is 0 Å². The van der Waals surface area contributed by atoms with Gasteiger partial charge in [0.15, 0.2) is 0 Å². The number of fused-ring (bicyclic) bond motifs is 3. The van der Waals surface area contributed by atoms with Crippen LogP contribution < -0.4 is 10.2 Å². The quantitative estimate of drug-likeness (QED) is 0.407. The first-order valence-electron chi connectivity index (χ1n) is 15.2. The van der Waals surface area contributed by atoms with Gasteiger partial charge >= 0.3 is 6.03 Å². The molecule has 0 saturated carbocycles. The Hall–Kier alpha value is -3.65. The molecule has 2 atom stereocenters. The molecule has 8 nitrogen and oxygen atoms in total. The molecule has 3 amide bonds. The Kier molecular flexibility index (Phi) is 7.84. The van der Waals surface area contributed by atoms with E-state index >= 15 is 0 Å². The van der Waals surface area contributed by atoms with Crippen molar-refractivity contribution < 1.29 is 9.59 Å². The van der Waals surface area contributed by atoms with Gasteiger partial charge in [0.2, 0.25) is 5.91 Å². The summed E-state index contributed by atoms with van der Waals surface area (Å²) >= 11 is 0. The fraction of sp³-hybridized carbons (Fsp3) is 0.485. The molecule has 2 saturated heterocycles. The number of urea groups is 1. The summed E-state index contributed by atoms with van der Waals surface area (Å²) in [7, 11) is 0. The second kappa shape index (κ2) is 11.7. The molecular formula is C33H42N6O2. The van der Waals surface area contributed by atoms with E-state index in [0.29, 0.717) is 31.2 Å². The Bertz CT molecular complexity index is 1370. The summed E-state index contributed by atoms with van der Waals surface area (Å²) < 4.78 is 2.52. The number of piperidine rings is 1. The summed E-state index contributed by atoms with van der Waals surface area (Å²) in [6.07, 6.45) is 6.59. The number of aryl methyl sites for hydroxylation is 2. The molecule has 4 heterocycles. The van der Waals surface area contributed by atoms with Crippen LogP contribution in [0.25, 0.3) is 0 Å². The Morgan fingerprint density at radius 3 is 2.37 bits per heavy atom. The van der Waals surface area contributed by atoms with Crippen molar-refractivity contribution in [2.45, 2.75) is 84.0 Å². The number of nitrogens with zero attached hydrogens (tertiary/aromatic N) is 5. The third-order valence-electron chi connectivity index (χ3n) is 9.31. The number of amides is 3. The topological polar surface area (TPSA) is 73.7 Å². The van der Waals surface area contributed by atoms with Gasteiger partial charge in [-0.05, 0) is 70.2 Å². The minimum Gasteiger partial charge on any atom is -0.337 e. The third-order valence-corrected chi connectivity index (χ3v) is 9.31. The maximum Gasteiger partial charge on any atom is 0.326 e. The zero-order valence-electron chi connectivity index (χ0n) is 24.6. The van der Waals surface area contributed by atoms with Crippen LogP contribution in [0.4, 0.5) is 16.2 Å². The van der Waals surface area contributed by atoms with Gasteiger partial charge in [0.1, 0.15) is 5.82 Å². The van der Waals surface area contributed by atoms with Crippen LogP contribution in [0.1, 0.15) is 67.8 Å². The summed E-state index contributed by atoms with van der Waals surface area (Å²) in [5.41, 5.74) is 5.33. The SMILES string of the molecule is CC(=O)N1CCc2c(nc(C)n2C2C[C@H]3CC[C@H](C2)N3CCCN(C(=O)Nc2ccc(C)cc2)c2ccccc2)C1. The number of carbonyl (C=O) groups excluding carboxylic acids is 2. The molecule has 8 heteroatoms. The van der Waals surface area contributed by atoms with Crippen molar-refractivity contribution in [1.82, 2.24) is 19.4 Å². The summed E-state index contributed by atoms with van der Waals surface area (Å²) in [5.74, 6) is 1.23. The number of aromatic nitrogens is 2. The molecule has 6 rings (SSSR count). The van der Waals surface area contributed by atoms with Crippen molar-refractivity contribution in [3.05, 3.63) is 77.4 Å². The van der Waals surface area contributed by atoms with Gasteiger partial charge in [0.05, 0.1) is 12.2 Å². The first kappa shape index (κ1) is 27.5. The zero-order valence-corrected chi connectivity index (χ0v) is 24.6. The van der Waals surface area contributed by atoms with Crippen LogP contribution >= 0.6 is 0 Å². The number of imidazole rings is 1. The molecule has 0 radical (unpaired) electrons. The fourth-order valence-electron chi connectivity index (χ4n) is 7.31. The molecule has 0 unspecified atom stereocenters. The average Bonchev–Trinajstić information content (AvgIpc) is 3.42. The lowest BCUT2D eigenvalue weighted by molar-refractivity contribution is -0.129. The number of rotatable bonds is 7. The van der Waals surface area contributed by atoms with Gasteiger partial charge in [-0.2, -0.15) is 0 Å². The molecule has 3 aliphatic heterocycles. The largest absolute Gasteiger partial charge is 0.337 e. The van der Waals surface area contributed by atoms with Crippen molar-refractivity contribution in [3.8, 4) is 0 Å². The van der Waals surface area contributed by atoms with E-state index in [2.05, 4.69) is 21.7 Å². The number of hydrogen-bond acceptors (Lipinski definition) is 4. The van der Waals surface area contributed by atoms with E-state index in [1.54, 1.807) is 6.92 Å². The van der Waals surface area contributed by atoms with E-state index in [-0.39, 0.29) is 11.9 Å². The molecule has 41 heavy (non-hydrogen) atoms. The maximum absolute atomic E-state index is 13.4. The minimum absolute atomic E-state index is 0.0922. The van der Waals surface area contributed by atoms with Crippen LogP contribution in [0.3, 0.4) is 0 Å². The minimum atomic E-state index is -0.0922. The summed E-state index contributed by atoms with van der Waals surface area (Å²) in [5, 5.41) is 3.09. The molecule has 216 valence electrons. The number of para-hydroxylation sites is 1. The van der Waals surface area contributed by atoms with Crippen LogP contribution in [0, 0.1) is 13.8 Å². The van der Waals surface area contributed by atoms with E-state index in [4.69, 9.17) is 4.98 Å². The molecule has 1 N–H and O–H groups in total. The van der Waals surface area contributed by atoms with E-state index in [1.165, 1.54) is 24.1 Å². The molecule has 2 fully saturated rings. The third kappa shape index (κ3) is 5.75. The fourth-order valence-corrected chi connectivity index (χ4v) is 7.31. The van der Waals surface area contributed by atoms with Crippen molar-refractivity contribution in [2.24, 2.45) is 0 Å². The lowest BCUT2D eigenvalue weighted by Crippen LogP contribution is -2.45. The molecular weight excluding hydrogens is 512 g/mol. The average molecular weight is 555 g/mol. The van der Waals surface area contributed by atoms with E-state index < -0.39 is 0 Å². The first-order chi connectivity index (χ1) is 19.9. The normalized spacial score (nSPS) is 21.9. The Balaban J connectivity index is 1.10. The van der Waals surface area contributed by atoms with Crippen molar-refractivity contribution >= 4 is 23.3 Å². The predicted octanol–water partition coefficient (Wildman–Crippen LogP) is 5.70. The standard InChI is InChI=1S/C33H42N6O2/c1-23-10-12-26(13-11-23)35-33(41)38(27-8-5-4-6-9-27)18-7-17-37-28-14-15-29(37)21-30(20-28)39-24(2)34-31-22-36(25(3)40)19-16-32(31)39/h4-6,8-13,28-30H,7,14-22H2,1-3H3,(H,35,41)/t28-,29-/m1/s1. The van der Waals surface area contributed by atoms with Crippen LogP contribution in [0.5, 0.6) is 0 Å². The van der Waals surface area contributed by atoms with E-state index in [0.717, 1.165) is 61.7 Å². The smallest absolute Gasteiger partial charge is 0.326 e. The number of anilines is 2. The molecule has 3 aromatic rings. The van der Waals surface area contributed by atoms with Crippen molar-refractivity contribution in [3.63, 3.8) is 0 Å². The Labute approximate surface area is 243 Å². The first-order valence-corrected chi connectivity index (χ1v) is 15.2. The molecule has 3 aliphatic rings. The Morgan fingerprint density at radius 1 is 0.976 bits per heavy atom. The highest BCUT2D eigenvalue weighted by molar-refractivity contribution is 6.01. The molecule has 2 aromatic carbocycles. The zero-order chi connectivity index (χ0) is 28.5. The van der Waals surface area contributed by atoms with Gasteiger partial charge < -0.3 is 14.8 Å². The summed E-state index contributed by atoms with van der Waals surface area (Å²) in [6, 6.07) is 19.4. The predicted molar refractivity (Wildman–Crippen MR) is 162 cm³/mol. The highest BCUT2D eigenvalue weighted by Gasteiger charge is 2.42. The van der Waals surface area contributed by atoms with Crippen LogP contribution in [-0.2, 0) is 17.8 Å². The number of hydrogen-bond donors (Lipinski definition) is 1. The highest BCUT2D eigenvalue weighted by Crippen LogP contribution is 2.42. The lowest BCUT2D eigenvalue weighted by atomic mass is 9.95. The van der Waals surface area contributed by atoms with Crippen LogP contribution in [0.2, 0.25) is 0 Å². The van der Waals surface area contributed by atoms with Crippen LogP contribution in [-0.4, -0.2) is 63.0 Å². The van der Waals surface area contributed by atoms with Gasteiger partial charge in [-0.3, -0.25) is 14.6 Å². The second-order valence-corrected chi connectivity index (χ2v) is 12.0. The van der Waals surface area contributed by atoms with Gasteiger partial charge in [-0.15, -0.1) is 0 Å². The molecule has 0 spiro atoms. The second-order valence-electron chi connectivity index (χ2n) is 12.0. The van der Waals surface area contributed by atoms with Gasteiger partial charge in [-0.25, -0.2) is 9.78 Å². The van der Waals surface area contributed by atoms with Crippen LogP contribution in [0.15, 0.2) is 54.6 Å². The molecule has 0 aliphatic carbocycles. The molecule has 1 aromatic heterocycles. The summed E-state index contributed by atoms with van der Waals surface area (Å²) in [6.45, 7) is 8.92. The number of nitrogens with one attached hydrogen (secondary N) is 1. The summed E-state index contributed by atoms with van der Waals surface area (Å²) in [4.78, 5) is 36.7. The van der Waals surface area contributed by atoms with Crippen molar-refractivity contribution in [2.75, 3.05) is 29.9 Å². The number of carbonyl (C=O) groups is 2.